The predicted molar refractivity (Wildman–Crippen MR) is 86.9 cm³/mol. The third kappa shape index (κ3) is 4.28. The van der Waals surface area contributed by atoms with Crippen LogP contribution >= 0.6 is 11.3 Å². The Morgan fingerprint density at radius 1 is 1.33 bits per heavy atom. The molecule has 2 heterocycles. The van der Waals surface area contributed by atoms with E-state index >= 15 is 0 Å². The van der Waals surface area contributed by atoms with Crippen molar-refractivity contribution in [3.63, 3.8) is 0 Å². The van der Waals surface area contributed by atoms with Crippen molar-refractivity contribution in [2.75, 3.05) is 39.8 Å². The van der Waals surface area contributed by atoms with Crippen molar-refractivity contribution in [3.8, 4) is 0 Å². The number of carbonyl (C=O) groups excluding carboxylic acids is 1. The largest absolute Gasteiger partial charge is 0.466 e. The molecule has 21 heavy (non-hydrogen) atoms. The van der Waals surface area contributed by atoms with Gasteiger partial charge in [0.25, 0.3) is 0 Å². The van der Waals surface area contributed by atoms with E-state index in [0.717, 1.165) is 26.2 Å². The van der Waals surface area contributed by atoms with Crippen LogP contribution in [-0.4, -0.2) is 55.6 Å². The summed E-state index contributed by atoms with van der Waals surface area (Å²) in [6.07, 6.45) is 0.453. The van der Waals surface area contributed by atoms with E-state index in [1.807, 2.05) is 18.3 Å². The molecule has 0 saturated carbocycles. The Morgan fingerprint density at radius 3 is 2.52 bits per heavy atom. The summed E-state index contributed by atoms with van der Waals surface area (Å²) in [6, 6.07) is 2.39. The minimum Gasteiger partial charge on any atom is -0.466 e. The fourth-order valence-corrected chi connectivity index (χ4v) is 3.91. The molecule has 1 aliphatic rings. The van der Waals surface area contributed by atoms with Crippen LogP contribution in [-0.2, 0) is 9.53 Å². The van der Waals surface area contributed by atoms with E-state index in [0.29, 0.717) is 13.0 Å². The standard InChI is InChI=1S/C16H26N2O2S/c1-5-20-16(19)11-15(14-10-12(2)21-13(14)3)18-8-6-17(4)7-9-18/h10,15H,5-9,11H2,1-4H3. The second-order valence-electron chi connectivity index (χ2n) is 5.73. The van der Waals surface area contributed by atoms with Crippen LogP contribution in [0.4, 0.5) is 0 Å². The number of hydrogen-bond acceptors (Lipinski definition) is 5. The summed E-state index contributed by atoms with van der Waals surface area (Å²) >= 11 is 1.81. The maximum atomic E-state index is 12.0. The minimum absolute atomic E-state index is 0.0929. The molecule has 2 rings (SSSR count). The third-order valence-electron chi connectivity index (χ3n) is 4.08. The average Bonchev–Trinajstić information content (AvgIpc) is 2.76. The number of esters is 1. The molecular weight excluding hydrogens is 284 g/mol. The summed E-state index contributed by atoms with van der Waals surface area (Å²) in [5.74, 6) is -0.0929. The zero-order valence-corrected chi connectivity index (χ0v) is 14.3. The first-order chi connectivity index (χ1) is 10.0. The van der Waals surface area contributed by atoms with Gasteiger partial charge < -0.3 is 9.64 Å². The number of ether oxygens (including phenoxy) is 1. The number of piperazine rings is 1. The first-order valence-electron chi connectivity index (χ1n) is 7.66. The first kappa shape index (κ1) is 16.5. The highest BCUT2D eigenvalue weighted by atomic mass is 32.1. The van der Waals surface area contributed by atoms with Gasteiger partial charge in [0.2, 0.25) is 0 Å². The second kappa shape index (κ2) is 7.38. The summed E-state index contributed by atoms with van der Waals surface area (Å²) in [5.41, 5.74) is 1.30. The SMILES string of the molecule is CCOC(=O)CC(c1cc(C)sc1C)N1CCN(C)CC1. The van der Waals surface area contributed by atoms with Crippen molar-refractivity contribution in [1.82, 2.24) is 9.80 Å². The van der Waals surface area contributed by atoms with Gasteiger partial charge in [-0.05, 0) is 39.4 Å². The number of aryl methyl sites for hydroxylation is 2. The van der Waals surface area contributed by atoms with Gasteiger partial charge >= 0.3 is 5.97 Å². The zero-order chi connectivity index (χ0) is 15.4. The molecule has 0 radical (unpaired) electrons. The van der Waals surface area contributed by atoms with Crippen LogP contribution in [0.2, 0.25) is 0 Å². The number of thiophene rings is 1. The molecule has 1 unspecified atom stereocenters. The smallest absolute Gasteiger partial charge is 0.307 e. The molecule has 1 fully saturated rings. The average molecular weight is 310 g/mol. The third-order valence-corrected chi connectivity index (χ3v) is 5.06. The Balaban J connectivity index is 2.17. The molecule has 0 spiro atoms. The summed E-state index contributed by atoms with van der Waals surface area (Å²) in [5, 5.41) is 0. The van der Waals surface area contributed by atoms with Crippen molar-refractivity contribution in [3.05, 3.63) is 21.4 Å². The summed E-state index contributed by atoms with van der Waals surface area (Å²) in [6.45, 7) is 10.7. The number of likely N-dealkylation sites (N-methyl/N-ethyl adjacent to an activating group) is 1. The van der Waals surface area contributed by atoms with Crippen LogP contribution in [0.25, 0.3) is 0 Å². The summed E-state index contributed by atoms with van der Waals surface area (Å²) in [4.78, 5) is 19.4. The highest BCUT2D eigenvalue weighted by Crippen LogP contribution is 2.33. The fraction of sp³-hybridized carbons (Fsp3) is 0.688. The van der Waals surface area contributed by atoms with Crippen molar-refractivity contribution in [2.45, 2.75) is 33.2 Å². The molecule has 1 aromatic rings. The molecule has 0 aliphatic carbocycles. The van der Waals surface area contributed by atoms with Crippen LogP contribution in [0.1, 0.15) is 34.7 Å². The molecule has 1 aromatic heterocycles. The first-order valence-corrected chi connectivity index (χ1v) is 8.48. The lowest BCUT2D eigenvalue weighted by atomic mass is 10.0. The van der Waals surface area contributed by atoms with Crippen LogP contribution in [0.15, 0.2) is 6.07 Å². The van der Waals surface area contributed by atoms with E-state index in [9.17, 15) is 4.79 Å². The minimum atomic E-state index is -0.0929. The quantitative estimate of drug-likeness (QED) is 0.783. The molecule has 5 heteroatoms. The van der Waals surface area contributed by atoms with E-state index in [1.165, 1.54) is 15.3 Å². The monoisotopic (exact) mass is 310 g/mol. The molecule has 4 nitrogen and oxygen atoms in total. The molecule has 1 aliphatic heterocycles. The van der Waals surface area contributed by atoms with Crippen molar-refractivity contribution >= 4 is 17.3 Å². The molecule has 1 atom stereocenters. The Hall–Kier alpha value is -0.910. The molecule has 118 valence electrons. The van der Waals surface area contributed by atoms with Crippen LogP contribution < -0.4 is 0 Å². The van der Waals surface area contributed by atoms with E-state index in [4.69, 9.17) is 4.74 Å². The van der Waals surface area contributed by atoms with Gasteiger partial charge in [0.05, 0.1) is 13.0 Å². The zero-order valence-electron chi connectivity index (χ0n) is 13.5. The fourth-order valence-electron chi connectivity index (χ4n) is 2.93. The van der Waals surface area contributed by atoms with Crippen LogP contribution in [0.3, 0.4) is 0 Å². The maximum Gasteiger partial charge on any atom is 0.307 e. The molecule has 0 aromatic carbocycles. The van der Waals surface area contributed by atoms with Gasteiger partial charge in [0.15, 0.2) is 0 Å². The maximum absolute atomic E-state index is 12.0. The lowest BCUT2D eigenvalue weighted by Crippen LogP contribution is -2.46. The Labute approximate surface area is 131 Å². The Kier molecular flexibility index (Phi) is 5.79. The van der Waals surface area contributed by atoms with Gasteiger partial charge in [-0.2, -0.15) is 0 Å². The van der Waals surface area contributed by atoms with Gasteiger partial charge in [-0.25, -0.2) is 0 Å². The summed E-state index contributed by atoms with van der Waals surface area (Å²) in [7, 11) is 2.15. The van der Waals surface area contributed by atoms with Crippen molar-refractivity contribution in [2.24, 2.45) is 0 Å². The number of nitrogens with zero attached hydrogens (tertiary/aromatic N) is 2. The van der Waals surface area contributed by atoms with E-state index in [1.54, 1.807) is 0 Å². The number of hydrogen-bond donors (Lipinski definition) is 0. The summed E-state index contributed by atoms with van der Waals surface area (Å²) < 4.78 is 5.18. The normalized spacial score (nSPS) is 18.7. The topological polar surface area (TPSA) is 32.8 Å². The lowest BCUT2D eigenvalue weighted by Gasteiger charge is -2.37. The van der Waals surface area contributed by atoms with E-state index in [-0.39, 0.29) is 12.0 Å². The van der Waals surface area contributed by atoms with Gasteiger partial charge in [-0.3, -0.25) is 9.69 Å². The van der Waals surface area contributed by atoms with Crippen molar-refractivity contribution < 1.29 is 9.53 Å². The molecule has 0 amide bonds. The molecule has 1 saturated heterocycles. The highest BCUT2D eigenvalue weighted by molar-refractivity contribution is 7.12. The van der Waals surface area contributed by atoms with E-state index in [2.05, 4.69) is 36.8 Å². The van der Waals surface area contributed by atoms with E-state index < -0.39 is 0 Å². The molecule has 0 bridgehead atoms. The van der Waals surface area contributed by atoms with Gasteiger partial charge in [0.1, 0.15) is 0 Å². The lowest BCUT2D eigenvalue weighted by molar-refractivity contribution is -0.144. The second-order valence-corrected chi connectivity index (χ2v) is 7.19. The highest BCUT2D eigenvalue weighted by Gasteiger charge is 2.28. The van der Waals surface area contributed by atoms with Crippen LogP contribution in [0.5, 0.6) is 0 Å². The Morgan fingerprint density at radius 2 is 2.00 bits per heavy atom. The number of rotatable bonds is 5. The molecular formula is C16H26N2O2S. The number of carbonyl (C=O) groups is 1. The Bertz CT molecular complexity index is 479. The van der Waals surface area contributed by atoms with Crippen molar-refractivity contribution in [1.29, 1.82) is 0 Å². The van der Waals surface area contributed by atoms with Crippen LogP contribution in [0, 0.1) is 13.8 Å². The van der Waals surface area contributed by atoms with Gasteiger partial charge in [0, 0.05) is 42.0 Å². The van der Waals surface area contributed by atoms with Gasteiger partial charge in [-0.1, -0.05) is 0 Å². The predicted octanol–water partition coefficient (Wildman–Crippen LogP) is 2.61. The van der Waals surface area contributed by atoms with Gasteiger partial charge in [-0.15, -0.1) is 11.3 Å². The molecule has 0 N–H and O–H groups in total.